The van der Waals surface area contributed by atoms with Crippen LogP contribution in [0.2, 0.25) is 0 Å². The predicted molar refractivity (Wildman–Crippen MR) is 41.7 cm³/mol. The zero-order valence-electron chi connectivity index (χ0n) is 6.49. The van der Waals surface area contributed by atoms with Crippen molar-refractivity contribution in [1.29, 1.82) is 0 Å². The van der Waals surface area contributed by atoms with Crippen LogP contribution in [0.3, 0.4) is 0 Å². The van der Waals surface area contributed by atoms with Crippen molar-refractivity contribution in [2.75, 3.05) is 0 Å². The number of pyridine rings is 1. The van der Waals surface area contributed by atoms with Gasteiger partial charge in [-0.2, -0.15) is 0 Å². The number of benzene rings is 1. The molecule has 2 aromatic rings. The van der Waals surface area contributed by atoms with Crippen molar-refractivity contribution in [1.82, 2.24) is 4.98 Å². The summed E-state index contributed by atoms with van der Waals surface area (Å²) in [6.07, 6.45) is 1.81. The fourth-order valence-corrected chi connectivity index (χ4v) is 1.02. The van der Waals surface area contributed by atoms with Crippen molar-refractivity contribution in [2.24, 2.45) is 0 Å². The minimum absolute atomic E-state index is 0. The molecule has 0 N–H and O–H groups in total. The third-order valence-electron chi connectivity index (χ3n) is 1.51. The fourth-order valence-electron chi connectivity index (χ4n) is 1.02. The number of hydrogen-bond acceptors (Lipinski definition) is 1. The van der Waals surface area contributed by atoms with Crippen LogP contribution in [-0.2, 0) is 0 Å². The normalized spacial score (nSPS) is 9.09. The minimum Gasteiger partial charge on any atom is -0.256 e. The Hall–Kier alpha value is 0.266. The quantitative estimate of drug-likeness (QED) is 0.471. The molecule has 0 atom stereocenters. The van der Waals surface area contributed by atoms with Crippen LogP contribution in [-0.4, -0.2) is 4.98 Å². The van der Waals surface area contributed by atoms with Crippen LogP contribution in [0, 0.1) is 0 Å². The monoisotopic (exact) mass is 168 g/mol. The van der Waals surface area contributed by atoms with Gasteiger partial charge >= 0.3 is 51.4 Å². The third-order valence-corrected chi connectivity index (χ3v) is 1.51. The molecule has 0 bridgehead atoms. The van der Waals surface area contributed by atoms with Gasteiger partial charge in [0, 0.05) is 11.6 Å². The first kappa shape index (κ1) is 9.36. The van der Waals surface area contributed by atoms with Gasteiger partial charge in [0.05, 0.1) is 5.52 Å². The molecule has 0 fully saturated rings. The first-order chi connectivity index (χ1) is 4.97. The molecule has 0 radical (unpaired) electrons. The molecule has 48 valence electrons. The SMILES string of the molecule is [K+].c1ccc2ncccc2c1. The molecule has 1 aromatic carbocycles. The van der Waals surface area contributed by atoms with Crippen molar-refractivity contribution in [3.63, 3.8) is 0 Å². The number of fused-ring (bicyclic) bond motifs is 1. The van der Waals surface area contributed by atoms with E-state index in [1.165, 1.54) is 5.39 Å². The summed E-state index contributed by atoms with van der Waals surface area (Å²) in [5.74, 6) is 0. The third kappa shape index (κ3) is 2.10. The van der Waals surface area contributed by atoms with E-state index in [0.29, 0.717) is 0 Å². The van der Waals surface area contributed by atoms with Crippen LogP contribution in [0.5, 0.6) is 0 Å². The largest absolute Gasteiger partial charge is 1.00 e. The number of para-hydroxylation sites is 1. The molecule has 0 aliphatic heterocycles. The number of rotatable bonds is 0. The van der Waals surface area contributed by atoms with Gasteiger partial charge in [-0.05, 0) is 12.1 Å². The van der Waals surface area contributed by atoms with E-state index in [0.717, 1.165) is 5.52 Å². The van der Waals surface area contributed by atoms with Crippen molar-refractivity contribution in [3.8, 4) is 0 Å². The molecule has 0 amide bonds. The Bertz CT molecular complexity index is 281. The second-order valence-electron chi connectivity index (χ2n) is 2.20. The molecule has 1 aromatic heterocycles. The van der Waals surface area contributed by atoms with Crippen molar-refractivity contribution in [3.05, 3.63) is 42.6 Å². The molecule has 11 heavy (non-hydrogen) atoms. The summed E-state index contributed by atoms with van der Waals surface area (Å²) in [6.45, 7) is 0. The Morgan fingerprint density at radius 1 is 0.909 bits per heavy atom. The maximum absolute atomic E-state index is 4.18. The molecule has 0 aliphatic carbocycles. The summed E-state index contributed by atoms with van der Waals surface area (Å²) in [6, 6.07) is 12.1. The molecule has 2 rings (SSSR count). The molecule has 2 heteroatoms. The van der Waals surface area contributed by atoms with Crippen LogP contribution >= 0.6 is 0 Å². The molecular weight excluding hydrogens is 161 g/mol. The predicted octanol–water partition coefficient (Wildman–Crippen LogP) is -0.761. The standard InChI is InChI=1S/C9H7N.K/c1-2-6-9-8(4-1)5-3-7-10-9;/h1-7H;/q;+1. The van der Waals surface area contributed by atoms with E-state index in [-0.39, 0.29) is 51.4 Å². The molecule has 1 heterocycles. The first-order valence-corrected chi connectivity index (χ1v) is 3.26. The Labute approximate surface area is 108 Å². The summed E-state index contributed by atoms with van der Waals surface area (Å²) < 4.78 is 0. The Morgan fingerprint density at radius 3 is 2.45 bits per heavy atom. The van der Waals surface area contributed by atoms with Crippen LogP contribution < -0.4 is 51.4 Å². The first-order valence-electron chi connectivity index (χ1n) is 3.26. The Balaban J connectivity index is 0.000000605. The molecule has 1 nitrogen and oxygen atoms in total. The maximum Gasteiger partial charge on any atom is 1.00 e. The van der Waals surface area contributed by atoms with E-state index in [4.69, 9.17) is 0 Å². The van der Waals surface area contributed by atoms with Gasteiger partial charge in [-0.25, -0.2) is 0 Å². The number of aromatic nitrogens is 1. The van der Waals surface area contributed by atoms with Gasteiger partial charge in [0.25, 0.3) is 0 Å². The van der Waals surface area contributed by atoms with Gasteiger partial charge in [-0.1, -0.05) is 24.3 Å². The van der Waals surface area contributed by atoms with E-state index < -0.39 is 0 Å². The average Bonchev–Trinajstić information content (AvgIpc) is 2.05. The second-order valence-corrected chi connectivity index (χ2v) is 2.20. The van der Waals surface area contributed by atoms with E-state index in [1.807, 2.05) is 30.5 Å². The Morgan fingerprint density at radius 2 is 1.64 bits per heavy atom. The second kappa shape index (κ2) is 4.33. The van der Waals surface area contributed by atoms with Gasteiger partial charge < -0.3 is 0 Å². The average molecular weight is 168 g/mol. The molecule has 0 spiro atoms. The minimum atomic E-state index is 0. The van der Waals surface area contributed by atoms with E-state index in [1.54, 1.807) is 0 Å². The van der Waals surface area contributed by atoms with E-state index in [9.17, 15) is 0 Å². The maximum atomic E-state index is 4.18. The number of hydrogen-bond donors (Lipinski definition) is 0. The van der Waals surface area contributed by atoms with Crippen LogP contribution in [0.25, 0.3) is 10.9 Å². The topological polar surface area (TPSA) is 12.9 Å². The zero-order chi connectivity index (χ0) is 6.81. The fraction of sp³-hybridized carbons (Fsp3) is 0. The summed E-state index contributed by atoms with van der Waals surface area (Å²) in [7, 11) is 0. The van der Waals surface area contributed by atoms with Crippen molar-refractivity contribution in [2.45, 2.75) is 0 Å². The van der Waals surface area contributed by atoms with Gasteiger partial charge in [0.2, 0.25) is 0 Å². The molecule has 0 saturated heterocycles. The van der Waals surface area contributed by atoms with Gasteiger partial charge in [0.1, 0.15) is 0 Å². The number of nitrogens with zero attached hydrogens (tertiary/aromatic N) is 1. The van der Waals surface area contributed by atoms with E-state index >= 15 is 0 Å². The van der Waals surface area contributed by atoms with Crippen LogP contribution in [0.1, 0.15) is 0 Å². The summed E-state index contributed by atoms with van der Waals surface area (Å²) >= 11 is 0. The van der Waals surface area contributed by atoms with E-state index in [2.05, 4.69) is 17.1 Å². The van der Waals surface area contributed by atoms with Gasteiger partial charge in [-0.3, -0.25) is 4.98 Å². The zero-order valence-corrected chi connectivity index (χ0v) is 9.61. The summed E-state index contributed by atoms with van der Waals surface area (Å²) in [5, 5.41) is 1.20. The van der Waals surface area contributed by atoms with Gasteiger partial charge in [0.15, 0.2) is 0 Å². The molecular formula is C9H7KN+. The van der Waals surface area contributed by atoms with Crippen LogP contribution in [0.4, 0.5) is 0 Å². The van der Waals surface area contributed by atoms with Crippen molar-refractivity contribution < 1.29 is 51.4 Å². The van der Waals surface area contributed by atoms with Crippen molar-refractivity contribution >= 4 is 10.9 Å². The smallest absolute Gasteiger partial charge is 0.256 e. The molecule has 0 saturated carbocycles. The summed E-state index contributed by atoms with van der Waals surface area (Å²) in [4.78, 5) is 4.18. The van der Waals surface area contributed by atoms with Crippen LogP contribution in [0.15, 0.2) is 42.6 Å². The van der Waals surface area contributed by atoms with Gasteiger partial charge in [-0.15, -0.1) is 0 Å². The molecule has 0 aliphatic rings. The summed E-state index contributed by atoms with van der Waals surface area (Å²) in [5.41, 5.74) is 1.06. The Kier molecular flexibility index (Phi) is 3.68. The molecule has 0 unspecified atom stereocenters.